The minimum absolute atomic E-state index is 0.0229. The molecule has 0 fully saturated rings. The molecule has 226 valence electrons. The number of rotatable bonds is 19. The Bertz CT molecular complexity index is 1250. The second kappa shape index (κ2) is 16.9. The van der Waals surface area contributed by atoms with Crippen LogP contribution in [0.4, 0.5) is 0 Å². The van der Waals surface area contributed by atoms with Crippen molar-refractivity contribution in [3.63, 3.8) is 0 Å². The minimum atomic E-state index is -4.35. The molecule has 0 saturated carbocycles. The maximum atomic E-state index is 14.3. The predicted molar refractivity (Wildman–Crippen MR) is 176 cm³/mol. The van der Waals surface area contributed by atoms with Crippen LogP contribution in [0.25, 0.3) is 0 Å². The molecule has 41 heavy (non-hydrogen) atoms. The van der Waals surface area contributed by atoms with Gasteiger partial charge in [-0.1, -0.05) is 0 Å². The molecule has 0 N–H and O–H groups in total. The number of terminal acetylenes is 1. The Morgan fingerprint density at radius 2 is 1.20 bits per heavy atom. The quantitative estimate of drug-likeness (QED) is 0.0831. The normalized spacial score (nSPS) is 13.2. The van der Waals surface area contributed by atoms with Crippen LogP contribution in [0.5, 0.6) is 0 Å². The summed E-state index contributed by atoms with van der Waals surface area (Å²) in [6.07, 6.45) is 15.4. The number of unbranched alkanes of at least 4 members (excludes halogenated alkanes) is 3. The summed E-state index contributed by atoms with van der Waals surface area (Å²) >= 11 is -2.44. The van der Waals surface area contributed by atoms with Crippen molar-refractivity contribution < 1.29 is 16.8 Å². The Morgan fingerprint density at radius 1 is 0.780 bits per heavy atom. The molecule has 0 aliphatic heterocycles. The third kappa shape index (κ3) is 8.97. The van der Waals surface area contributed by atoms with Crippen LogP contribution in [-0.2, 0) is 19.7 Å². The average molecular weight is 706 g/mol. The van der Waals surface area contributed by atoms with Gasteiger partial charge in [-0.15, -0.1) is 0 Å². The van der Waals surface area contributed by atoms with Gasteiger partial charge in [-0.2, -0.15) is 0 Å². The van der Waals surface area contributed by atoms with Gasteiger partial charge < -0.3 is 0 Å². The molecule has 0 aliphatic rings. The zero-order valence-electron chi connectivity index (χ0n) is 25.6. The summed E-state index contributed by atoms with van der Waals surface area (Å²) in [7, 11) is -8.70. The van der Waals surface area contributed by atoms with E-state index in [0.29, 0.717) is 6.42 Å². The SMILES string of the molecule is C#CCC(CC/C(C)=C\[CH2][Sn]([CH2]CCC)([CH2]CCC)[CH2]CCC)(S(=O)(=O)c1ccccc1)S(=O)(=O)c1ccccc1. The van der Waals surface area contributed by atoms with Crippen LogP contribution in [0, 0.1) is 12.3 Å². The molecule has 2 rings (SSSR count). The number of hydrogen-bond donors (Lipinski definition) is 0. The summed E-state index contributed by atoms with van der Waals surface area (Å²) in [5.41, 5.74) is 1.06. The topological polar surface area (TPSA) is 68.3 Å². The van der Waals surface area contributed by atoms with Gasteiger partial charge in [0.05, 0.1) is 0 Å². The van der Waals surface area contributed by atoms with Crippen LogP contribution in [0.1, 0.15) is 85.5 Å². The molecule has 0 amide bonds. The van der Waals surface area contributed by atoms with Gasteiger partial charge in [-0.3, -0.25) is 0 Å². The van der Waals surface area contributed by atoms with Crippen molar-refractivity contribution in [1.82, 2.24) is 0 Å². The molecule has 0 aromatic heterocycles. The summed E-state index contributed by atoms with van der Waals surface area (Å²) in [6.45, 7) is 8.83. The summed E-state index contributed by atoms with van der Waals surface area (Å²) in [6, 6.07) is 15.7. The van der Waals surface area contributed by atoms with Gasteiger partial charge in [0.2, 0.25) is 0 Å². The van der Waals surface area contributed by atoms with Crippen molar-refractivity contribution in [2.24, 2.45) is 0 Å². The van der Waals surface area contributed by atoms with Gasteiger partial charge in [-0.05, 0) is 0 Å². The summed E-state index contributed by atoms with van der Waals surface area (Å²) in [5, 5.41) is 0. The molecule has 0 heterocycles. The fraction of sp³-hybridized carbons (Fsp3) is 0.529. The number of hydrogen-bond acceptors (Lipinski definition) is 4. The molecule has 0 radical (unpaired) electrons. The predicted octanol–water partition coefficient (Wildman–Crippen LogP) is 9.23. The fourth-order valence-corrected chi connectivity index (χ4v) is 26.2. The Hall–Kier alpha value is -1.56. The van der Waals surface area contributed by atoms with Gasteiger partial charge >= 0.3 is 257 Å². The third-order valence-corrected chi connectivity index (χ3v) is 29.3. The summed E-state index contributed by atoms with van der Waals surface area (Å²) < 4.78 is 60.2. The van der Waals surface area contributed by atoms with E-state index in [1.54, 1.807) is 36.4 Å². The molecule has 0 spiro atoms. The van der Waals surface area contributed by atoms with Crippen LogP contribution < -0.4 is 0 Å². The molecule has 0 unspecified atom stereocenters. The zero-order chi connectivity index (χ0) is 30.4. The third-order valence-electron chi connectivity index (χ3n) is 8.42. The molecule has 2 aromatic rings. The standard InChI is InChI=1S/C22H23O4S2.3C4H9.Sn/c1-4-17-22(18-16-19(3)5-2,27(23,24)20-12-8-6-9-13-20)28(25,26)21-14-10-7-11-15-21;3*1-3-4-2;/h1,5-15H,2,16-18H2,3H3;3*1,3-4H2,2H3;/b19-5-;;;;. The van der Waals surface area contributed by atoms with E-state index in [1.165, 1.54) is 76.1 Å². The van der Waals surface area contributed by atoms with Crippen LogP contribution in [-0.4, -0.2) is 39.3 Å². The first-order chi connectivity index (χ1) is 19.6. The molecule has 4 nitrogen and oxygen atoms in total. The monoisotopic (exact) mass is 706 g/mol. The van der Waals surface area contributed by atoms with Crippen molar-refractivity contribution in [2.45, 2.75) is 117 Å². The van der Waals surface area contributed by atoms with Crippen molar-refractivity contribution in [3.05, 3.63) is 72.3 Å². The second-order valence-electron chi connectivity index (χ2n) is 11.5. The van der Waals surface area contributed by atoms with E-state index in [0.717, 1.165) is 10.0 Å². The van der Waals surface area contributed by atoms with E-state index < -0.39 is 48.6 Å². The first-order valence-corrected chi connectivity index (χ1v) is 26.3. The van der Waals surface area contributed by atoms with Crippen LogP contribution in [0.2, 0.25) is 17.7 Å². The fourth-order valence-electron chi connectivity index (χ4n) is 5.69. The number of benzene rings is 2. The second-order valence-corrected chi connectivity index (χ2v) is 30.3. The molecule has 0 atom stereocenters. The van der Waals surface area contributed by atoms with E-state index in [-0.39, 0.29) is 16.2 Å². The van der Waals surface area contributed by atoms with E-state index in [2.05, 4.69) is 32.8 Å². The Morgan fingerprint density at radius 3 is 1.56 bits per heavy atom. The zero-order valence-corrected chi connectivity index (χ0v) is 30.1. The van der Waals surface area contributed by atoms with Gasteiger partial charge in [0.15, 0.2) is 0 Å². The number of allylic oxidation sites excluding steroid dienone is 2. The van der Waals surface area contributed by atoms with Gasteiger partial charge in [0.1, 0.15) is 0 Å². The van der Waals surface area contributed by atoms with Crippen LogP contribution >= 0.6 is 0 Å². The first-order valence-electron chi connectivity index (χ1n) is 15.2. The van der Waals surface area contributed by atoms with Crippen LogP contribution in [0.3, 0.4) is 0 Å². The van der Waals surface area contributed by atoms with E-state index in [9.17, 15) is 16.8 Å². The van der Waals surface area contributed by atoms with Crippen molar-refractivity contribution in [1.29, 1.82) is 0 Å². The van der Waals surface area contributed by atoms with E-state index in [4.69, 9.17) is 6.42 Å². The van der Waals surface area contributed by atoms with Crippen molar-refractivity contribution in [3.8, 4) is 12.3 Å². The van der Waals surface area contributed by atoms with Gasteiger partial charge in [-0.25, -0.2) is 0 Å². The average Bonchev–Trinajstić information content (AvgIpc) is 2.99. The number of sulfone groups is 2. The molecule has 0 saturated heterocycles. The molecule has 0 bridgehead atoms. The Balaban J connectivity index is 2.55. The van der Waals surface area contributed by atoms with E-state index >= 15 is 0 Å². The van der Waals surface area contributed by atoms with Crippen LogP contribution in [0.15, 0.2) is 82.1 Å². The first kappa shape index (κ1) is 35.6. The van der Waals surface area contributed by atoms with Gasteiger partial charge in [0.25, 0.3) is 0 Å². The maximum absolute atomic E-state index is 14.3. The molecule has 0 aliphatic carbocycles. The summed E-state index contributed by atoms with van der Waals surface area (Å²) in [5.74, 6) is 2.44. The summed E-state index contributed by atoms with van der Waals surface area (Å²) in [4.78, 5) is -0.0457. The molecular weight excluding hydrogens is 655 g/mol. The van der Waals surface area contributed by atoms with Gasteiger partial charge in [0, 0.05) is 0 Å². The Labute approximate surface area is 255 Å². The van der Waals surface area contributed by atoms with Crippen molar-refractivity contribution in [2.75, 3.05) is 0 Å². The van der Waals surface area contributed by atoms with Crippen molar-refractivity contribution >= 4 is 38.1 Å². The molecular formula is C34H50O4S2Sn. The molecule has 7 heteroatoms. The van der Waals surface area contributed by atoms with E-state index in [1.807, 2.05) is 6.92 Å². The Kier molecular flexibility index (Phi) is 14.7. The molecule has 2 aromatic carbocycles.